The summed E-state index contributed by atoms with van der Waals surface area (Å²) in [7, 11) is 0. The summed E-state index contributed by atoms with van der Waals surface area (Å²) in [5.74, 6) is 0.157. The van der Waals surface area contributed by atoms with Gasteiger partial charge in [0.15, 0.2) is 0 Å². The van der Waals surface area contributed by atoms with Gasteiger partial charge in [-0.05, 0) is 43.0 Å². The van der Waals surface area contributed by atoms with Crippen LogP contribution in [0.5, 0.6) is 0 Å². The standard InChI is InChI=1S/C18H24N4O2/c1-3-11-22-16-7-6-15(12-13(16)5-8-17(22)23)21-18(24)20-14(4-2)9-10-19/h6-7,12,14H,3-5,8-9,11H2,1-2H3,(H2,20,21,24)/t14-/m1/s1. The minimum absolute atomic E-state index is 0.148. The first-order valence-corrected chi connectivity index (χ1v) is 8.46. The van der Waals surface area contributed by atoms with Gasteiger partial charge < -0.3 is 15.5 Å². The van der Waals surface area contributed by atoms with Gasteiger partial charge in [0, 0.05) is 30.4 Å². The molecule has 0 unspecified atom stereocenters. The smallest absolute Gasteiger partial charge is 0.319 e. The summed E-state index contributed by atoms with van der Waals surface area (Å²) in [4.78, 5) is 25.9. The summed E-state index contributed by atoms with van der Waals surface area (Å²) in [5, 5.41) is 14.3. The average molecular weight is 328 g/mol. The zero-order valence-corrected chi connectivity index (χ0v) is 14.3. The van der Waals surface area contributed by atoms with Gasteiger partial charge in [-0.2, -0.15) is 5.26 Å². The quantitative estimate of drug-likeness (QED) is 0.841. The van der Waals surface area contributed by atoms with Crippen molar-refractivity contribution in [3.05, 3.63) is 23.8 Å². The van der Waals surface area contributed by atoms with E-state index in [0.29, 0.717) is 37.9 Å². The maximum Gasteiger partial charge on any atom is 0.319 e. The molecule has 1 heterocycles. The van der Waals surface area contributed by atoms with Gasteiger partial charge in [-0.15, -0.1) is 0 Å². The average Bonchev–Trinajstić information content (AvgIpc) is 2.57. The minimum Gasteiger partial charge on any atom is -0.334 e. The summed E-state index contributed by atoms with van der Waals surface area (Å²) in [6.07, 6.45) is 3.10. The third-order valence-corrected chi connectivity index (χ3v) is 4.15. The molecule has 1 aliphatic rings. The van der Waals surface area contributed by atoms with Gasteiger partial charge in [0.05, 0.1) is 12.5 Å². The summed E-state index contributed by atoms with van der Waals surface area (Å²) < 4.78 is 0. The van der Waals surface area contributed by atoms with E-state index in [-0.39, 0.29) is 18.0 Å². The van der Waals surface area contributed by atoms with Crippen LogP contribution >= 0.6 is 0 Å². The lowest BCUT2D eigenvalue weighted by molar-refractivity contribution is -0.118. The number of benzene rings is 1. The molecule has 2 N–H and O–H groups in total. The molecule has 0 spiro atoms. The van der Waals surface area contributed by atoms with Gasteiger partial charge in [-0.25, -0.2) is 4.79 Å². The van der Waals surface area contributed by atoms with E-state index >= 15 is 0 Å². The number of aryl methyl sites for hydroxylation is 1. The summed E-state index contributed by atoms with van der Waals surface area (Å²) in [6, 6.07) is 7.24. The van der Waals surface area contributed by atoms with E-state index in [1.807, 2.05) is 36.9 Å². The number of fused-ring (bicyclic) bond motifs is 1. The number of hydrogen-bond donors (Lipinski definition) is 2. The van der Waals surface area contributed by atoms with Crippen LogP contribution in [0.25, 0.3) is 0 Å². The van der Waals surface area contributed by atoms with Crippen LogP contribution in [-0.2, 0) is 11.2 Å². The van der Waals surface area contributed by atoms with E-state index in [4.69, 9.17) is 5.26 Å². The van der Waals surface area contributed by atoms with Gasteiger partial charge >= 0.3 is 6.03 Å². The molecule has 6 heteroatoms. The third-order valence-electron chi connectivity index (χ3n) is 4.15. The highest BCUT2D eigenvalue weighted by atomic mass is 16.2. The molecule has 0 saturated carbocycles. The van der Waals surface area contributed by atoms with Gasteiger partial charge in [0.25, 0.3) is 0 Å². The van der Waals surface area contributed by atoms with Gasteiger partial charge in [0.1, 0.15) is 0 Å². The minimum atomic E-state index is -0.311. The Morgan fingerprint density at radius 1 is 1.38 bits per heavy atom. The maximum atomic E-state index is 12.0. The van der Waals surface area contributed by atoms with Crippen molar-refractivity contribution in [2.45, 2.75) is 52.0 Å². The van der Waals surface area contributed by atoms with Crippen LogP contribution < -0.4 is 15.5 Å². The number of carbonyl (C=O) groups excluding carboxylic acids is 2. The van der Waals surface area contributed by atoms with E-state index in [1.54, 1.807) is 0 Å². The van der Waals surface area contributed by atoms with E-state index in [9.17, 15) is 9.59 Å². The van der Waals surface area contributed by atoms with Crippen LogP contribution in [0.15, 0.2) is 18.2 Å². The lowest BCUT2D eigenvalue weighted by Crippen LogP contribution is -2.37. The highest BCUT2D eigenvalue weighted by Gasteiger charge is 2.23. The Hall–Kier alpha value is -2.55. The number of urea groups is 1. The van der Waals surface area contributed by atoms with Crippen LogP contribution in [-0.4, -0.2) is 24.5 Å². The number of nitriles is 1. The zero-order chi connectivity index (χ0) is 17.5. The Bertz CT molecular complexity index is 651. The SMILES string of the molecule is CCCN1C(=O)CCc2cc(NC(=O)N[C@H](CC)CC#N)ccc21. The van der Waals surface area contributed by atoms with E-state index in [1.165, 1.54) is 0 Å². The van der Waals surface area contributed by atoms with Crippen molar-refractivity contribution in [2.24, 2.45) is 0 Å². The maximum absolute atomic E-state index is 12.0. The molecule has 0 bridgehead atoms. The van der Waals surface area contributed by atoms with E-state index in [2.05, 4.69) is 16.7 Å². The number of rotatable bonds is 6. The van der Waals surface area contributed by atoms with Crippen molar-refractivity contribution in [3.63, 3.8) is 0 Å². The Morgan fingerprint density at radius 3 is 2.83 bits per heavy atom. The first-order valence-electron chi connectivity index (χ1n) is 8.46. The Labute approximate surface area is 142 Å². The first kappa shape index (κ1) is 17.8. The molecule has 128 valence electrons. The Balaban J connectivity index is 2.07. The van der Waals surface area contributed by atoms with Crippen molar-refractivity contribution >= 4 is 23.3 Å². The zero-order valence-electron chi connectivity index (χ0n) is 14.3. The molecular weight excluding hydrogens is 304 g/mol. The number of anilines is 2. The molecule has 0 fully saturated rings. The van der Waals surface area contributed by atoms with Crippen molar-refractivity contribution in [3.8, 4) is 6.07 Å². The topological polar surface area (TPSA) is 85.2 Å². The van der Waals surface area contributed by atoms with Crippen molar-refractivity contribution in [1.82, 2.24) is 5.32 Å². The summed E-state index contributed by atoms with van der Waals surface area (Å²) in [6.45, 7) is 4.69. The predicted molar refractivity (Wildman–Crippen MR) is 93.9 cm³/mol. The summed E-state index contributed by atoms with van der Waals surface area (Å²) >= 11 is 0. The van der Waals surface area contributed by atoms with Gasteiger partial charge in [-0.3, -0.25) is 4.79 Å². The molecule has 6 nitrogen and oxygen atoms in total. The molecule has 0 radical (unpaired) electrons. The van der Waals surface area contributed by atoms with Gasteiger partial charge in [-0.1, -0.05) is 13.8 Å². The van der Waals surface area contributed by atoms with E-state index in [0.717, 1.165) is 17.7 Å². The molecule has 1 aromatic rings. The second kappa shape index (κ2) is 8.34. The number of amides is 3. The van der Waals surface area contributed by atoms with Gasteiger partial charge in [0.2, 0.25) is 5.91 Å². The third kappa shape index (κ3) is 4.25. The van der Waals surface area contributed by atoms with Crippen LogP contribution in [0.2, 0.25) is 0 Å². The second-order valence-electron chi connectivity index (χ2n) is 5.95. The predicted octanol–water partition coefficient (Wildman–Crippen LogP) is 3.19. The van der Waals surface area contributed by atoms with Crippen LogP contribution in [0.3, 0.4) is 0 Å². The highest BCUT2D eigenvalue weighted by Crippen LogP contribution is 2.30. The molecule has 1 aromatic carbocycles. The lowest BCUT2D eigenvalue weighted by Gasteiger charge is -2.29. The molecule has 1 atom stereocenters. The van der Waals surface area contributed by atoms with Crippen LogP contribution in [0.4, 0.5) is 16.2 Å². The largest absolute Gasteiger partial charge is 0.334 e. The fourth-order valence-corrected chi connectivity index (χ4v) is 2.87. The van der Waals surface area contributed by atoms with Crippen molar-refractivity contribution < 1.29 is 9.59 Å². The highest BCUT2D eigenvalue weighted by molar-refractivity contribution is 5.97. The fourth-order valence-electron chi connectivity index (χ4n) is 2.87. The molecule has 0 saturated heterocycles. The fraction of sp³-hybridized carbons (Fsp3) is 0.500. The monoisotopic (exact) mass is 328 g/mol. The number of nitrogens with one attached hydrogen (secondary N) is 2. The van der Waals surface area contributed by atoms with E-state index < -0.39 is 0 Å². The number of carbonyl (C=O) groups is 2. The number of nitrogens with zero attached hydrogens (tertiary/aromatic N) is 2. The molecule has 1 aliphatic heterocycles. The molecule has 24 heavy (non-hydrogen) atoms. The molecule has 3 amide bonds. The molecule has 0 aromatic heterocycles. The first-order chi connectivity index (χ1) is 11.6. The lowest BCUT2D eigenvalue weighted by atomic mass is 10.00. The number of hydrogen-bond acceptors (Lipinski definition) is 3. The molecule has 0 aliphatic carbocycles. The molecular formula is C18H24N4O2. The second-order valence-corrected chi connectivity index (χ2v) is 5.95. The summed E-state index contributed by atoms with van der Waals surface area (Å²) in [5.41, 5.74) is 2.71. The van der Waals surface area contributed by atoms with Crippen molar-refractivity contribution in [2.75, 3.05) is 16.8 Å². The van der Waals surface area contributed by atoms with Crippen LogP contribution in [0.1, 0.15) is 45.1 Å². The molecule has 2 rings (SSSR count). The van der Waals surface area contributed by atoms with Crippen LogP contribution in [0, 0.1) is 11.3 Å². The normalized spacial score (nSPS) is 14.5. The Kier molecular flexibility index (Phi) is 6.19. The Morgan fingerprint density at radius 2 is 2.17 bits per heavy atom. The van der Waals surface area contributed by atoms with Crippen molar-refractivity contribution in [1.29, 1.82) is 5.26 Å².